The van der Waals surface area contributed by atoms with Crippen LogP contribution in [-0.2, 0) is 11.2 Å². The van der Waals surface area contributed by atoms with Crippen LogP contribution in [0.15, 0.2) is 34.9 Å². The van der Waals surface area contributed by atoms with E-state index >= 15 is 0 Å². The Labute approximate surface area is 128 Å². The Morgan fingerprint density at radius 3 is 2.90 bits per heavy atom. The van der Waals surface area contributed by atoms with Crippen molar-refractivity contribution in [1.82, 2.24) is 9.88 Å². The molecule has 0 atom stereocenters. The summed E-state index contributed by atoms with van der Waals surface area (Å²) in [5.41, 5.74) is 2.47. The Hall–Kier alpha value is -0.970. The average molecular weight is 335 g/mol. The van der Waals surface area contributed by atoms with Crippen molar-refractivity contribution in [2.45, 2.75) is 12.8 Å². The first-order chi connectivity index (χ1) is 9.84. The van der Waals surface area contributed by atoms with E-state index in [0.717, 1.165) is 49.3 Å². The zero-order chi connectivity index (χ0) is 13.8. The number of benzene rings is 1. The Kier molecular flexibility index (Phi) is 4.65. The van der Waals surface area contributed by atoms with E-state index in [1.54, 1.807) is 0 Å². The molecule has 2 aromatic rings. The minimum absolute atomic E-state index is 0.878. The lowest BCUT2D eigenvalue weighted by molar-refractivity contribution is 0.0375. The summed E-state index contributed by atoms with van der Waals surface area (Å²) in [5.74, 6) is 0. The van der Waals surface area contributed by atoms with Crippen LogP contribution in [0.5, 0.6) is 0 Å². The number of hydrogen-bond donors (Lipinski definition) is 0. The molecule has 2 heterocycles. The molecule has 3 rings (SSSR count). The fourth-order valence-electron chi connectivity index (χ4n) is 2.72. The molecule has 0 N–H and O–H groups in total. The van der Waals surface area contributed by atoms with Crippen molar-refractivity contribution in [2.75, 3.05) is 32.8 Å². The molecule has 106 valence electrons. The van der Waals surface area contributed by atoms with Gasteiger partial charge < -0.3 is 4.74 Å². The summed E-state index contributed by atoms with van der Waals surface area (Å²) in [6, 6.07) is 8.44. The fraction of sp³-hybridized carbons (Fsp3) is 0.438. The van der Waals surface area contributed by atoms with E-state index in [0.29, 0.717) is 0 Å². The van der Waals surface area contributed by atoms with Gasteiger partial charge >= 0.3 is 0 Å². The Morgan fingerprint density at radius 1 is 1.20 bits per heavy atom. The van der Waals surface area contributed by atoms with E-state index in [9.17, 15) is 0 Å². The summed E-state index contributed by atoms with van der Waals surface area (Å²) in [6.45, 7) is 5.04. The van der Waals surface area contributed by atoms with Crippen LogP contribution in [0.25, 0.3) is 10.9 Å². The average Bonchev–Trinajstić information content (AvgIpc) is 2.51. The van der Waals surface area contributed by atoms with E-state index in [-0.39, 0.29) is 0 Å². The van der Waals surface area contributed by atoms with E-state index in [1.165, 1.54) is 17.4 Å². The number of rotatable bonds is 4. The normalized spacial score (nSPS) is 16.6. The standard InChI is InChI=1S/C16H19BrN2O/c17-15-6-5-13(16-14(15)4-1-7-18-16)3-2-8-19-9-11-20-12-10-19/h1,4-7H,2-3,8-12H2. The van der Waals surface area contributed by atoms with Crippen LogP contribution in [0.1, 0.15) is 12.0 Å². The van der Waals surface area contributed by atoms with Gasteiger partial charge in [-0.1, -0.05) is 28.1 Å². The highest BCUT2D eigenvalue weighted by molar-refractivity contribution is 9.10. The molecular formula is C16H19BrN2O. The highest BCUT2D eigenvalue weighted by Crippen LogP contribution is 2.25. The minimum atomic E-state index is 0.878. The van der Waals surface area contributed by atoms with Gasteiger partial charge in [0, 0.05) is 29.1 Å². The van der Waals surface area contributed by atoms with E-state index < -0.39 is 0 Å². The number of morpholine rings is 1. The van der Waals surface area contributed by atoms with Gasteiger partial charge in [0.15, 0.2) is 0 Å². The highest BCUT2D eigenvalue weighted by Gasteiger charge is 2.10. The molecule has 0 unspecified atom stereocenters. The maximum atomic E-state index is 5.38. The number of ether oxygens (including phenoxy) is 1. The molecule has 0 aliphatic carbocycles. The SMILES string of the molecule is Brc1ccc(CCCN2CCOCC2)c2ncccc12. The maximum Gasteiger partial charge on any atom is 0.0745 e. The summed E-state index contributed by atoms with van der Waals surface area (Å²) in [6.07, 6.45) is 4.13. The number of pyridine rings is 1. The van der Waals surface area contributed by atoms with E-state index in [4.69, 9.17) is 4.74 Å². The van der Waals surface area contributed by atoms with Gasteiger partial charge in [0.1, 0.15) is 0 Å². The van der Waals surface area contributed by atoms with Crippen molar-refractivity contribution < 1.29 is 4.74 Å². The molecule has 3 nitrogen and oxygen atoms in total. The Bertz CT molecular complexity index is 582. The molecule has 1 saturated heterocycles. The summed E-state index contributed by atoms with van der Waals surface area (Å²) < 4.78 is 6.50. The van der Waals surface area contributed by atoms with Gasteiger partial charge in [0.2, 0.25) is 0 Å². The zero-order valence-corrected chi connectivity index (χ0v) is 13.1. The summed E-state index contributed by atoms with van der Waals surface area (Å²) in [5, 5.41) is 1.20. The first-order valence-corrected chi connectivity index (χ1v) is 7.96. The number of fused-ring (bicyclic) bond motifs is 1. The Morgan fingerprint density at radius 2 is 2.05 bits per heavy atom. The maximum absolute atomic E-state index is 5.38. The molecule has 0 bridgehead atoms. The van der Waals surface area contributed by atoms with Crippen LogP contribution >= 0.6 is 15.9 Å². The van der Waals surface area contributed by atoms with Gasteiger partial charge in [0.05, 0.1) is 18.7 Å². The number of nitrogens with zero attached hydrogens (tertiary/aromatic N) is 2. The van der Waals surface area contributed by atoms with Gasteiger partial charge in [-0.3, -0.25) is 9.88 Å². The van der Waals surface area contributed by atoms with Crippen molar-refractivity contribution >= 4 is 26.8 Å². The van der Waals surface area contributed by atoms with Crippen LogP contribution in [-0.4, -0.2) is 42.7 Å². The van der Waals surface area contributed by atoms with Crippen molar-refractivity contribution in [2.24, 2.45) is 0 Å². The van der Waals surface area contributed by atoms with E-state index in [2.05, 4.69) is 44.0 Å². The second-order valence-corrected chi connectivity index (χ2v) is 6.02. The molecule has 4 heteroatoms. The van der Waals surface area contributed by atoms with E-state index in [1.807, 2.05) is 12.3 Å². The number of aromatic nitrogens is 1. The number of hydrogen-bond acceptors (Lipinski definition) is 3. The van der Waals surface area contributed by atoms with Gasteiger partial charge in [-0.05, 0) is 37.1 Å². The summed E-state index contributed by atoms with van der Waals surface area (Å²) >= 11 is 3.60. The second-order valence-electron chi connectivity index (χ2n) is 5.16. The first-order valence-electron chi connectivity index (χ1n) is 7.17. The molecule has 0 amide bonds. The number of halogens is 1. The molecule has 1 aromatic heterocycles. The molecule has 0 saturated carbocycles. The third kappa shape index (κ3) is 3.19. The third-order valence-corrected chi connectivity index (χ3v) is 4.52. The first kappa shape index (κ1) is 14.0. The third-order valence-electron chi connectivity index (χ3n) is 3.82. The van der Waals surface area contributed by atoms with Crippen LogP contribution in [0, 0.1) is 0 Å². The van der Waals surface area contributed by atoms with Crippen LogP contribution < -0.4 is 0 Å². The van der Waals surface area contributed by atoms with Gasteiger partial charge in [0.25, 0.3) is 0 Å². The molecule has 1 aliphatic heterocycles. The molecular weight excluding hydrogens is 316 g/mol. The predicted molar refractivity (Wildman–Crippen MR) is 85.0 cm³/mol. The molecule has 0 spiro atoms. The van der Waals surface area contributed by atoms with Crippen LogP contribution in [0.4, 0.5) is 0 Å². The van der Waals surface area contributed by atoms with Crippen molar-refractivity contribution in [3.63, 3.8) is 0 Å². The van der Waals surface area contributed by atoms with Crippen molar-refractivity contribution in [3.8, 4) is 0 Å². The molecule has 1 fully saturated rings. The lowest BCUT2D eigenvalue weighted by Gasteiger charge is -2.26. The molecule has 1 aromatic carbocycles. The van der Waals surface area contributed by atoms with Gasteiger partial charge in [-0.15, -0.1) is 0 Å². The van der Waals surface area contributed by atoms with Crippen molar-refractivity contribution in [1.29, 1.82) is 0 Å². The molecule has 1 aliphatic rings. The highest BCUT2D eigenvalue weighted by atomic mass is 79.9. The number of aryl methyl sites for hydroxylation is 1. The van der Waals surface area contributed by atoms with Crippen LogP contribution in [0.3, 0.4) is 0 Å². The monoisotopic (exact) mass is 334 g/mol. The quantitative estimate of drug-likeness (QED) is 0.858. The second kappa shape index (κ2) is 6.66. The zero-order valence-electron chi connectivity index (χ0n) is 11.5. The molecule has 0 radical (unpaired) electrons. The fourth-order valence-corrected chi connectivity index (χ4v) is 3.17. The largest absolute Gasteiger partial charge is 0.379 e. The minimum Gasteiger partial charge on any atom is -0.379 e. The lowest BCUT2D eigenvalue weighted by atomic mass is 10.1. The predicted octanol–water partition coefficient (Wildman–Crippen LogP) is 3.26. The Balaban J connectivity index is 1.67. The smallest absolute Gasteiger partial charge is 0.0745 e. The molecule has 20 heavy (non-hydrogen) atoms. The van der Waals surface area contributed by atoms with Crippen molar-refractivity contribution in [3.05, 3.63) is 40.5 Å². The lowest BCUT2D eigenvalue weighted by Crippen LogP contribution is -2.36. The van der Waals surface area contributed by atoms with Gasteiger partial charge in [-0.25, -0.2) is 0 Å². The topological polar surface area (TPSA) is 25.4 Å². The summed E-state index contributed by atoms with van der Waals surface area (Å²) in [7, 11) is 0. The van der Waals surface area contributed by atoms with Crippen LogP contribution in [0.2, 0.25) is 0 Å². The summed E-state index contributed by atoms with van der Waals surface area (Å²) in [4.78, 5) is 7.03. The van der Waals surface area contributed by atoms with Gasteiger partial charge in [-0.2, -0.15) is 0 Å².